The summed E-state index contributed by atoms with van der Waals surface area (Å²) in [5, 5.41) is 11.2. The van der Waals surface area contributed by atoms with Gasteiger partial charge in [0.1, 0.15) is 0 Å². The lowest BCUT2D eigenvalue weighted by Gasteiger charge is -2.32. The summed E-state index contributed by atoms with van der Waals surface area (Å²) < 4.78 is 4.60. The Hall–Kier alpha value is -1.13. The van der Waals surface area contributed by atoms with Crippen LogP contribution in [-0.4, -0.2) is 32.4 Å². The van der Waals surface area contributed by atoms with Gasteiger partial charge in [-0.25, -0.2) is 4.79 Å². The highest BCUT2D eigenvalue weighted by molar-refractivity contribution is 6.91. The number of ether oxygens (including phenoxy) is 1. The van der Waals surface area contributed by atoms with E-state index in [2.05, 4.69) is 30.0 Å². The smallest absolute Gasteiger partial charge is 0.334 e. The minimum absolute atomic E-state index is 0.0858. The second-order valence-corrected chi connectivity index (χ2v) is 9.78. The second kappa shape index (κ2) is 5.47. The van der Waals surface area contributed by atoms with Gasteiger partial charge in [0.15, 0.2) is 6.10 Å². The van der Waals surface area contributed by atoms with Gasteiger partial charge in [-0.05, 0) is 5.54 Å². The van der Waals surface area contributed by atoms with Crippen LogP contribution in [0.15, 0.2) is 30.3 Å². The van der Waals surface area contributed by atoms with Crippen molar-refractivity contribution >= 4 is 19.2 Å². The quantitative estimate of drug-likeness (QED) is 0.653. The molecule has 0 spiro atoms. The van der Waals surface area contributed by atoms with Crippen LogP contribution < -0.4 is 5.19 Å². The van der Waals surface area contributed by atoms with Gasteiger partial charge in [0.25, 0.3) is 0 Å². The number of aliphatic hydroxyl groups excluding tert-OH is 1. The molecule has 0 heterocycles. The first-order chi connectivity index (χ1) is 7.91. The third kappa shape index (κ3) is 2.95. The lowest BCUT2D eigenvalue weighted by Crippen LogP contribution is -2.50. The summed E-state index contributed by atoms with van der Waals surface area (Å²) in [6.45, 7) is 6.22. The maximum atomic E-state index is 11.4. The van der Waals surface area contributed by atoms with Crippen molar-refractivity contribution in [3.8, 4) is 0 Å². The first-order valence-electron chi connectivity index (χ1n) is 5.72. The number of carbonyl (C=O) groups excluding carboxylic acids is 1. The van der Waals surface area contributed by atoms with E-state index in [9.17, 15) is 9.90 Å². The molecular weight excluding hydrogens is 232 g/mol. The van der Waals surface area contributed by atoms with Crippen LogP contribution in [0.2, 0.25) is 18.6 Å². The van der Waals surface area contributed by atoms with Gasteiger partial charge in [0.05, 0.1) is 15.2 Å². The Labute approximate surface area is 103 Å². The molecule has 2 atom stereocenters. The Kier molecular flexibility index (Phi) is 4.48. The summed E-state index contributed by atoms with van der Waals surface area (Å²) in [5.41, 5.74) is -0.0858. The molecule has 1 rings (SSSR count). The van der Waals surface area contributed by atoms with Gasteiger partial charge in [-0.2, -0.15) is 0 Å². The number of esters is 1. The van der Waals surface area contributed by atoms with Crippen molar-refractivity contribution in [3.05, 3.63) is 30.3 Å². The van der Waals surface area contributed by atoms with E-state index in [4.69, 9.17) is 0 Å². The fourth-order valence-electron chi connectivity index (χ4n) is 1.85. The maximum Gasteiger partial charge on any atom is 0.334 e. The highest BCUT2D eigenvalue weighted by Crippen LogP contribution is 2.25. The molecule has 0 aliphatic heterocycles. The molecule has 0 aromatic heterocycles. The van der Waals surface area contributed by atoms with Crippen LogP contribution in [0.4, 0.5) is 0 Å². The van der Waals surface area contributed by atoms with E-state index in [0.29, 0.717) is 0 Å². The first-order valence-corrected chi connectivity index (χ1v) is 8.80. The van der Waals surface area contributed by atoms with Gasteiger partial charge in [-0.3, -0.25) is 0 Å². The SMILES string of the molecule is COC(=O)[C@@H](O)[C@H](C)[Si](C)(C)c1ccccc1. The van der Waals surface area contributed by atoms with Crippen molar-refractivity contribution in [3.63, 3.8) is 0 Å². The van der Waals surface area contributed by atoms with Crippen molar-refractivity contribution in [2.75, 3.05) is 7.11 Å². The van der Waals surface area contributed by atoms with Crippen LogP contribution in [0.5, 0.6) is 0 Å². The number of methoxy groups -OCH3 is 1. The van der Waals surface area contributed by atoms with E-state index < -0.39 is 20.1 Å². The van der Waals surface area contributed by atoms with Crippen LogP contribution in [0, 0.1) is 0 Å². The van der Waals surface area contributed by atoms with Gasteiger partial charge in [0.2, 0.25) is 0 Å². The number of rotatable bonds is 4. The molecule has 0 aliphatic rings. The molecule has 4 heteroatoms. The molecule has 0 bridgehead atoms. The minimum Gasteiger partial charge on any atom is -0.467 e. The molecule has 1 aromatic carbocycles. The van der Waals surface area contributed by atoms with E-state index in [-0.39, 0.29) is 5.54 Å². The molecule has 0 amide bonds. The Morgan fingerprint density at radius 1 is 1.29 bits per heavy atom. The monoisotopic (exact) mass is 252 g/mol. The van der Waals surface area contributed by atoms with E-state index in [0.717, 1.165) is 0 Å². The molecule has 0 fully saturated rings. The molecule has 0 unspecified atom stereocenters. The van der Waals surface area contributed by atoms with Crippen molar-refractivity contribution in [1.82, 2.24) is 0 Å². The van der Waals surface area contributed by atoms with Crippen molar-refractivity contribution in [1.29, 1.82) is 0 Å². The van der Waals surface area contributed by atoms with Crippen molar-refractivity contribution < 1.29 is 14.6 Å². The van der Waals surface area contributed by atoms with Gasteiger partial charge in [0, 0.05) is 0 Å². The number of benzene rings is 1. The molecular formula is C13H20O3Si. The van der Waals surface area contributed by atoms with Gasteiger partial charge in [-0.15, -0.1) is 0 Å². The number of carbonyl (C=O) groups is 1. The second-order valence-electron chi connectivity index (χ2n) is 4.84. The number of hydrogen-bond donors (Lipinski definition) is 1. The Morgan fingerprint density at radius 2 is 1.82 bits per heavy atom. The predicted molar refractivity (Wildman–Crippen MR) is 71.0 cm³/mol. The van der Waals surface area contributed by atoms with Crippen molar-refractivity contribution in [2.45, 2.75) is 31.7 Å². The molecule has 0 saturated carbocycles. The summed E-state index contributed by atoms with van der Waals surface area (Å²) in [6, 6.07) is 10.1. The molecule has 0 aliphatic carbocycles. The summed E-state index contributed by atoms with van der Waals surface area (Å²) in [4.78, 5) is 11.4. The molecule has 0 radical (unpaired) electrons. The zero-order valence-corrected chi connectivity index (χ0v) is 11.8. The lowest BCUT2D eigenvalue weighted by atomic mass is 10.3. The Morgan fingerprint density at radius 3 is 2.29 bits per heavy atom. The highest BCUT2D eigenvalue weighted by atomic mass is 28.3. The molecule has 3 nitrogen and oxygen atoms in total. The van der Waals surface area contributed by atoms with Gasteiger partial charge >= 0.3 is 5.97 Å². The van der Waals surface area contributed by atoms with Crippen LogP contribution in [0.1, 0.15) is 6.92 Å². The van der Waals surface area contributed by atoms with Crippen LogP contribution >= 0.6 is 0 Å². The third-order valence-electron chi connectivity index (χ3n) is 3.57. The molecule has 1 N–H and O–H groups in total. The van der Waals surface area contributed by atoms with E-state index in [1.807, 2.05) is 25.1 Å². The fourth-order valence-corrected chi connectivity index (χ4v) is 4.35. The lowest BCUT2D eigenvalue weighted by molar-refractivity contribution is -0.150. The molecule has 17 heavy (non-hydrogen) atoms. The van der Waals surface area contributed by atoms with E-state index in [1.165, 1.54) is 12.3 Å². The molecule has 94 valence electrons. The van der Waals surface area contributed by atoms with Gasteiger partial charge < -0.3 is 9.84 Å². The standard InChI is InChI=1S/C13H20O3Si/c1-10(12(14)13(15)16-2)17(3,4)11-8-6-5-7-9-11/h5-10,12,14H,1-4H3/t10-,12-/m0/s1. The normalized spacial score (nSPS) is 15.1. The van der Waals surface area contributed by atoms with Crippen LogP contribution in [-0.2, 0) is 9.53 Å². The summed E-state index contributed by atoms with van der Waals surface area (Å²) >= 11 is 0. The van der Waals surface area contributed by atoms with Crippen LogP contribution in [0.3, 0.4) is 0 Å². The average molecular weight is 252 g/mol. The van der Waals surface area contributed by atoms with Crippen LogP contribution in [0.25, 0.3) is 0 Å². The summed E-state index contributed by atoms with van der Waals surface area (Å²) in [7, 11) is -0.575. The maximum absolute atomic E-state index is 11.4. The number of aliphatic hydroxyl groups is 1. The Balaban J connectivity index is 2.94. The first kappa shape index (κ1) is 13.9. The molecule has 0 saturated heterocycles. The van der Waals surface area contributed by atoms with E-state index >= 15 is 0 Å². The fraction of sp³-hybridized carbons (Fsp3) is 0.462. The summed E-state index contributed by atoms with van der Waals surface area (Å²) in [5.74, 6) is -0.547. The average Bonchev–Trinajstić information content (AvgIpc) is 2.37. The zero-order chi connectivity index (χ0) is 13.1. The predicted octanol–water partition coefficient (Wildman–Crippen LogP) is 1.53. The molecule has 1 aromatic rings. The Bertz CT molecular complexity index is 376. The highest BCUT2D eigenvalue weighted by Gasteiger charge is 2.38. The summed E-state index contributed by atoms with van der Waals surface area (Å²) in [6.07, 6.45) is -1.04. The zero-order valence-electron chi connectivity index (χ0n) is 10.8. The van der Waals surface area contributed by atoms with Gasteiger partial charge in [-0.1, -0.05) is 55.5 Å². The van der Waals surface area contributed by atoms with Crippen molar-refractivity contribution in [2.24, 2.45) is 0 Å². The topological polar surface area (TPSA) is 46.5 Å². The number of hydrogen-bond acceptors (Lipinski definition) is 3. The van der Waals surface area contributed by atoms with E-state index in [1.54, 1.807) is 0 Å². The minimum atomic E-state index is -1.88. The largest absolute Gasteiger partial charge is 0.467 e. The third-order valence-corrected chi connectivity index (χ3v) is 7.99.